The maximum atomic E-state index is 12.2. The van der Waals surface area contributed by atoms with E-state index in [2.05, 4.69) is 0 Å². The number of benzene rings is 1. The van der Waals surface area contributed by atoms with E-state index < -0.39 is 5.60 Å². The molecule has 0 fully saturated rings. The Labute approximate surface area is 123 Å². The Morgan fingerprint density at radius 1 is 1.32 bits per heavy atom. The molecule has 19 heavy (non-hydrogen) atoms. The van der Waals surface area contributed by atoms with E-state index in [9.17, 15) is 4.79 Å². The Morgan fingerprint density at radius 3 is 2.63 bits per heavy atom. The third kappa shape index (κ3) is 3.34. The van der Waals surface area contributed by atoms with Gasteiger partial charge in [-0.1, -0.05) is 23.2 Å². The van der Waals surface area contributed by atoms with Gasteiger partial charge in [0, 0.05) is 11.6 Å². The molecule has 0 unspecified atom stereocenters. The lowest BCUT2D eigenvalue weighted by Gasteiger charge is -2.32. The van der Waals surface area contributed by atoms with Crippen LogP contribution in [0.25, 0.3) is 0 Å². The number of fused-ring (bicyclic) bond motifs is 1. The summed E-state index contributed by atoms with van der Waals surface area (Å²) in [7, 11) is 0. The minimum Gasteiger partial charge on any atom is -0.443 e. The first kappa shape index (κ1) is 14.5. The van der Waals surface area contributed by atoms with E-state index in [1.165, 1.54) is 0 Å². The van der Waals surface area contributed by atoms with Crippen molar-refractivity contribution in [3.05, 3.63) is 27.7 Å². The van der Waals surface area contributed by atoms with E-state index in [4.69, 9.17) is 27.9 Å². The zero-order chi connectivity index (χ0) is 14.2. The zero-order valence-corrected chi connectivity index (χ0v) is 12.8. The summed E-state index contributed by atoms with van der Waals surface area (Å²) in [4.78, 5) is 13.8. The van der Waals surface area contributed by atoms with E-state index in [0.29, 0.717) is 16.6 Å². The first-order valence-electron chi connectivity index (χ1n) is 6.26. The van der Waals surface area contributed by atoms with Gasteiger partial charge in [-0.2, -0.15) is 0 Å². The molecule has 0 bridgehead atoms. The summed E-state index contributed by atoms with van der Waals surface area (Å²) in [5, 5.41) is 1.09. The van der Waals surface area contributed by atoms with Crippen molar-refractivity contribution < 1.29 is 9.53 Å². The zero-order valence-electron chi connectivity index (χ0n) is 11.3. The highest BCUT2D eigenvalue weighted by atomic mass is 35.5. The Kier molecular flexibility index (Phi) is 3.98. The molecule has 0 aliphatic carbocycles. The van der Waals surface area contributed by atoms with Gasteiger partial charge in [-0.3, -0.25) is 4.90 Å². The fourth-order valence-corrected chi connectivity index (χ4v) is 2.79. The van der Waals surface area contributed by atoms with Crippen LogP contribution in [0.3, 0.4) is 0 Å². The molecular formula is C14H17Cl2NO2. The van der Waals surface area contributed by atoms with Crippen LogP contribution >= 0.6 is 23.2 Å². The number of carbonyl (C=O) groups is 1. The molecule has 5 heteroatoms. The highest BCUT2D eigenvalue weighted by Crippen LogP contribution is 2.37. The SMILES string of the molecule is CC(C)(C)OC(=O)N1CCCc2cc(Cl)cc(Cl)c21. The van der Waals surface area contributed by atoms with Gasteiger partial charge in [0.05, 0.1) is 10.7 Å². The van der Waals surface area contributed by atoms with Crippen molar-refractivity contribution in [2.45, 2.75) is 39.2 Å². The summed E-state index contributed by atoms with van der Waals surface area (Å²) in [5.41, 5.74) is 1.20. The molecule has 0 radical (unpaired) electrons. The van der Waals surface area contributed by atoms with Crippen molar-refractivity contribution in [2.24, 2.45) is 0 Å². The quantitative estimate of drug-likeness (QED) is 0.696. The Hall–Kier alpha value is -0.930. The normalized spacial score (nSPS) is 15.1. The standard InChI is InChI=1S/C14H17Cl2NO2/c1-14(2,3)19-13(18)17-6-4-5-9-7-10(15)8-11(16)12(9)17/h7-8H,4-6H2,1-3H3. The van der Waals surface area contributed by atoms with Gasteiger partial charge in [-0.25, -0.2) is 4.79 Å². The van der Waals surface area contributed by atoms with Crippen LogP contribution < -0.4 is 4.90 Å². The second kappa shape index (κ2) is 5.22. The van der Waals surface area contributed by atoms with Gasteiger partial charge in [0.25, 0.3) is 0 Å². The van der Waals surface area contributed by atoms with Crippen LogP contribution in [-0.4, -0.2) is 18.2 Å². The van der Waals surface area contributed by atoms with E-state index >= 15 is 0 Å². The molecular weight excluding hydrogens is 285 g/mol. The number of halogens is 2. The van der Waals surface area contributed by atoms with Gasteiger partial charge in [0.15, 0.2) is 0 Å². The lowest BCUT2D eigenvalue weighted by molar-refractivity contribution is 0.0578. The summed E-state index contributed by atoms with van der Waals surface area (Å²) in [5.74, 6) is 0. The van der Waals surface area contributed by atoms with Crippen molar-refractivity contribution in [1.29, 1.82) is 0 Å². The van der Waals surface area contributed by atoms with Gasteiger partial charge >= 0.3 is 6.09 Å². The maximum absolute atomic E-state index is 12.2. The van der Waals surface area contributed by atoms with Crippen LogP contribution in [0.4, 0.5) is 10.5 Å². The maximum Gasteiger partial charge on any atom is 0.414 e. The summed E-state index contributed by atoms with van der Waals surface area (Å²) < 4.78 is 5.41. The van der Waals surface area contributed by atoms with Gasteiger partial charge in [0.2, 0.25) is 0 Å². The number of carbonyl (C=O) groups excluding carboxylic acids is 1. The Bertz CT molecular complexity index is 509. The third-order valence-electron chi connectivity index (χ3n) is 2.82. The van der Waals surface area contributed by atoms with E-state index in [1.807, 2.05) is 26.8 Å². The fraction of sp³-hybridized carbons (Fsp3) is 0.500. The van der Waals surface area contributed by atoms with Gasteiger partial charge in [-0.05, 0) is 51.3 Å². The van der Waals surface area contributed by atoms with E-state index in [0.717, 1.165) is 24.1 Å². The third-order valence-corrected chi connectivity index (χ3v) is 3.33. The number of amides is 1. The predicted octanol–water partition coefficient (Wildman–Crippen LogP) is 4.68. The first-order chi connectivity index (χ1) is 8.78. The number of ether oxygens (including phenoxy) is 1. The van der Waals surface area contributed by atoms with Gasteiger partial charge in [-0.15, -0.1) is 0 Å². The van der Waals surface area contributed by atoms with Gasteiger partial charge in [0.1, 0.15) is 5.60 Å². The van der Waals surface area contributed by atoms with Crippen molar-refractivity contribution >= 4 is 35.0 Å². The van der Waals surface area contributed by atoms with E-state index in [1.54, 1.807) is 11.0 Å². The summed E-state index contributed by atoms with van der Waals surface area (Å²) >= 11 is 12.2. The molecule has 0 spiro atoms. The lowest BCUT2D eigenvalue weighted by Crippen LogP contribution is -2.40. The molecule has 1 aliphatic rings. The van der Waals surface area contributed by atoms with Crippen LogP contribution in [0, 0.1) is 0 Å². The molecule has 0 saturated carbocycles. The molecule has 1 aromatic carbocycles. The summed E-state index contributed by atoms with van der Waals surface area (Å²) in [6, 6.07) is 3.52. The van der Waals surface area contributed by atoms with Crippen molar-refractivity contribution in [3.8, 4) is 0 Å². The largest absolute Gasteiger partial charge is 0.443 e. The Morgan fingerprint density at radius 2 is 2.00 bits per heavy atom. The fourth-order valence-electron chi connectivity index (χ4n) is 2.15. The average Bonchev–Trinajstić information content (AvgIpc) is 2.25. The van der Waals surface area contributed by atoms with Crippen LogP contribution in [-0.2, 0) is 11.2 Å². The first-order valence-corrected chi connectivity index (χ1v) is 7.02. The monoisotopic (exact) mass is 301 g/mol. The highest BCUT2D eigenvalue weighted by molar-refractivity contribution is 6.37. The highest BCUT2D eigenvalue weighted by Gasteiger charge is 2.29. The molecule has 0 atom stereocenters. The van der Waals surface area contributed by atoms with Crippen LogP contribution in [0.15, 0.2) is 12.1 Å². The summed E-state index contributed by atoms with van der Waals surface area (Å²) in [6.45, 7) is 6.15. The lowest BCUT2D eigenvalue weighted by atomic mass is 10.0. The van der Waals surface area contributed by atoms with Crippen LogP contribution in [0.2, 0.25) is 10.0 Å². The molecule has 1 heterocycles. The van der Waals surface area contributed by atoms with Crippen molar-refractivity contribution in [2.75, 3.05) is 11.4 Å². The average molecular weight is 302 g/mol. The molecule has 0 saturated heterocycles. The molecule has 2 rings (SSSR count). The smallest absolute Gasteiger partial charge is 0.414 e. The van der Waals surface area contributed by atoms with Crippen molar-refractivity contribution in [1.82, 2.24) is 0 Å². The molecule has 3 nitrogen and oxygen atoms in total. The van der Waals surface area contributed by atoms with Gasteiger partial charge < -0.3 is 4.74 Å². The predicted molar refractivity (Wildman–Crippen MR) is 78.4 cm³/mol. The number of rotatable bonds is 0. The topological polar surface area (TPSA) is 29.5 Å². The molecule has 1 aliphatic heterocycles. The Balaban J connectivity index is 2.35. The number of nitrogens with zero attached hydrogens (tertiary/aromatic N) is 1. The van der Waals surface area contributed by atoms with Crippen LogP contribution in [0.1, 0.15) is 32.8 Å². The second-order valence-corrected chi connectivity index (χ2v) is 6.47. The van der Waals surface area contributed by atoms with Crippen molar-refractivity contribution in [3.63, 3.8) is 0 Å². The molecule has 0 N–H and O–H groups in total. The number of hydrogen-bond donors (Lipinski definition) is 0. The molecule has 1 aromatic rings. The van der Waals surface area contributed by atoms with E-state index in [-0.39, 0.29) is 6.09 Å². The minimum atomic E-state index is -0.520. The summed E-state index contributed by atoms with van der Waals surface area (Å²) in [6.07, 6.45) is 1.38. The second-order valence-electron chi connectivity index (χ2n) is 5.63. The number of hydrogen-bond acceptors (Lipinski definition) is 2. The van der Waals surface area contributed by atoms with Crippen LogP contribution in [0.5, 0.6) is 0 Å². The molecule has 0 aromatic heterocycles. The minimum absolute atomic E-state index is 0.363. The molecule has 104 valence electrons. The number of anilines is 1. The molecule has 1 amide bonds. The number of aryl methyl sites for hydroxylation is 1.